The molecule has 1 aromatic carbocycles. The number of benzene rings is 1. The van der Waals surface area contributed by atoms with Crippen LogP contribution >= 0.6 is 0 Å². The van der Waals surface area contributed by atoms with Crippen molar-refractivity contribution in [3.8, 4) is 0 Å². The van der Waals surface area contributed by atoms with E-state index in [0.717, 1.165) is 44.8 Å². The highest BCUT2D eigenvalue weighted by molar-refractivity contribution is 7.89. The first-order valence-electron chi connectivity index (χ1n) is 9.74. The molecule has 4 rings (SSSR count). The van der Waals surface area contributed by atoms with Gasteiger partial charge < -0.3 is 10.2 Å². The Balaban J connectivity index is 1.57. The second-order valence-corrected chi connectivity index (χ2v) is 9.64. The number of nitro groups is 1. The van der Waals surface area contributed by atoms with E-state index in [1.165, 1.54) is 29.3 Å². The molecule has 1 N–H and O–H groups in total. The Morgan fingerprint density at radius 1 is 1.04 bits per heavy atom. The molecule has 2 heterocycles. The Hall–Kier alpha value is -1.71. The first kappa shape index (κ1) is 18.6. The molecular weight excluding hydrogens is 368 g/mol. The Kier molecular flexibility index (Phi) is 5.09. The van der Waals surface area contributed by atoms with Crippen LogP contribution in [-0.2, 0) is 10.0 Å². The smallest absolute Gasteiger partial charge is 0.270 e. The molecule has 0 bridgehead atoms. The zero-order valence-corrected chi connectivity index (χ0v) is 16.2. The Morgan fingerprint density at radius 3 is 2.30 bits per heavy atom. The molecule has 27 heavy (non-hydrogen) atoms. The monoisotopic (exact) mass is 394 g/mol. The molecule has 1 aromatic rings. The Bertz CT molecular complexity index is 811. The molecular formula is C18H26N4O4S. The van der Waals surface area contributed by atoms with Crippen LogP contribution in [0.2, 0.25) is 0 Å². The van der Waals surface area contributed by atoms with Gasteiger partial charge in [0.25, 0.3) is 5.69 Å². The van der Waals surface area contributed by atoms with Crippen LogP contribution in [0.15, 0.2) is 23.1 Å². The number of nitrogens with one attached hydrogen (secondary N) is 1. The average Bonchev–Trinajstić information content (AvgIpc) is 3.35. The molecule has 0 atom stereocenters. The van der Waals surface area contributed by atoms with Gasteiger partial charge in [-0.05, 0) is 44.6 Å². The number of hydrogen-bond acceptors (Lipinski definition) is 6. The van der Waals surface area contributed by atoms with E-state index in [-0.39, 0.29) is 16.6 Å². The lowest BCUT2D eigenvalue weighted by Gasteiger charge is -2.33. The highest BCUT2D eigenvalue weighted by Gasteiger charge is 2.34. The maximum Gasteiger partial charge on any atom is 0.270 e. The van der Waals surface area contributed by atoms with Crippen molar-refractivity contribution in [2.75, 3.05) is 31.5 Å². The van der Waals surface area contributed by atoms with E-state index in [1.807, 2.05) is 0 Å². The molecule has 0 spiro atoms. The summed E-state index contributed by atoms with van der Waals surface area (Å²) in [7, 11) is -3.73. The average molecular weight is 394 g/mol. The van der Waals surface area contributed by atoms with Crippen LogP contribution in [0.25, 0.3) is 0 Å². The van der Waals surface area contributed by atoms with Gasteiger partial charge in [-0.1, -0.05) is 0 Å². The summed E-state index contributed by atoms with van der Waals surface area (Å²) >= 11 is 0. The van der Waals surface area contributed by atoms with E-state index >= 15 is 0 Å². The van der Waals surface area contributed by atoms with Crippen molar-refractivity contribution in [3.63, 3.8) is 0 Å². The summed E-state index contributed by atoms with van der Waals surface area (Å²) in [4.78, 5) is 13.2. The van der Waals surface area contributed by atoms with Crippen LogP contribution in [0.4, 0.5) is 11.4 Å². The molecule has 3 aliphatic rings. The summed E-state index contributed by atoms with van der Waals surface area (Å²) in [5, 5.41) is 14.5. The van der Waals surface area contributed by atoms with E-state index in [2.05, 4.69) is 10.2 Å². The third kappa shape index (κ3) is 3.95. The molecule has 1 aliphatic carbocycles. The van der Waals surface area contributed by atoms with Crippen molar-refractivity contribution < 1.29 is 13.3 Å². The maximum absolute atomic E-state index is 13.1. The molecule has 0 aromatic heterocycles. The number of non-ortho nitro benzene ring substituents is 1. The lowest BCUT2D eigenvalue weighted by Crippen LogP contribution is -2.40. The van der Waals surface area contributed by atoms with Gasteiger partial charge in [-0.2, -0.15) is 4.31 Å². The summed E-state index contributed by atoms with van der Waals surface area (Å²) < 4.78 is 27.6. The third-order valence-electron chi connectivity index (χ3n) is 5.81. The van der Waals surface area contributed by atoms with Crippen molar-refractivity contribution in [3.05, 3.63) is 28.3 Å². The summed E-state index contributed by atoms with van der Waals surface area (Å²) in [5.74, 6) is 0. The topological polar surface area (TPSA) is 95.8 Å². The zero-order valence-electron chi connectivity index (χ0n) is 15.3. The van der Waals surface area contributed by atoms with Gasteiger partial charge in [-0.15, -0.1) is 0 Å². The number of anilines is 1. The van der Waals surface area contributed by atoms with Crippen molar-refractivity contribution in [2.45, 2.75) is 55.5 Å². The summed E-state index contributed by atoms with van der Waals surface area (Å²) in [5.41, 5.74) is 0.291. The van der Waals surface area contributed by atoms with Crippen molar-refractivity contribution in [1.29, 1.82) is 0 Å². The highest BCUT2D eigenvalue weighted by Crippen LogP contribution is 2.33. The molecule has 2 aliphatic heterocycles. The van der Waals surface area contributed by atoms with E-state index in [0.29, 0.717) is 18.8 Å². The summed E-state index contributed by atoms with van der Waals surface area (Å²) in [6.45, 7) is 2.99. The fourth-order valence-corrected chi connectivity index (χ4v) is 5.78. The van der Waals surface area contributed by atoms with Crippen LogP contribution in [0.1, 0.15) is 38.5 Å². The number of nitro benzene ring substituents is 1. The molecule has 9 heteroatoms. The van der Waals surface area contributed by atoms with Crippen LogP contribution in [-0.4, -0.2) is 60.8 Å². The lowest BCUT2D eigenvalue weighted by molar-refractivity contribution is -0.385. The second kappa shape index (κ2) is 7.37. The number of rotatable bonds is 6. The molecule has 0 unspecified atom stereocenters. The first-order chi connectivity index (χ1) is 12.9. The maximum atomic E-state index is 13.1. The van der Waals surface area contributed by atoms with Gasteiger partial charge in [0, 0.05) is 50.4 Å². The second-order valence-electron chi connectivity index (χ2n) is 7.73. The van der Waals surface area contributed by atoms with Gasteiger partial charge >= 0.3 is 0 Å². The fourth-order valence-electron chi connectivity index (χ4n) is 4.09. The third-order valence-corrected chi connectivity index (χ3v) is 7.75. The fraction of sp³-hybridized carbons (Fsp3) is 0.667. The largest absolute Gasteiger partial charge is 0.381 e. The van der Waals surface area contributed by atoms with Gasteiger partial charge in [0.2, 0.25) is 10.0 Å². The molecule has 3 fully saturated rings. The lowest BCUT2D eigenvalue weighted by atomic mass is 10.0. The van der Waals surface area contributed by atoms with Crippen LogP contribution in [0, 0.1) is 10.1 Å². The van der Waals surface area contributed by atoms with Crippen LogP contribution in [0.5, 0.6) is 0 Å². The van der Waals surface area contributed by atoms with Crippen molar-refractivity contribution >= 4 is 21.4 Å². The van der Waals surface area contributed by atoms with E-state index in [4.69, 9.17) is 0 Å². The number of nitrogens with zero attached hydrogens (tertiary/aromatic N) is 3. The van der Waals surface area contributed by atoms with Crippen LogP contribution < -0.4 is 5.32 Å². The van der Waals surface area contributed by atoms with Gasteiger partial charge in [-0.25, -0.2) is 8.42 Å². The predicted octanol–water partition coefficient (Wildman–Crippen LogP) is 2.42. The Morgan fingerprint density at radius 2 is 1.70 bits per heavy atom. The molecule has 8 nitrogen and oxygen atoms in total. The van der Waals surface area contributed by atoms with Crippen molar-refractivity contribution in [1.82, 2.24) is 9.21 Å². The van der Waals surface area contributed by atoms with Gasteiger partial charge in [0.1, 0.15) is 4.90 Å². The molecule has 0 radical (unpaired) electrons. The van der Waals surface area contributed by atoms with Gasteiger partial charge in [0.15, 0.2) is 0 Å². The highest BCUT2D eigenvalue weighted by atomic mass is 32.2. The van der Waals surface area contributed by atoms with Gasteiger partial charge in [-0.3, -0.25) is 10.1 Å². The number of piperidine rings is 1. The van der Waals surface area contributed by atoms with E-state index in [1.54, 1.807) is 6.07 Å². The number of likely N-dealkylation sites (tertiary alicyclic amines) is 1. The predicted molar refractivity (Wildman–Crippen MR) is 102 cm³/mol. The Labute approximate surface area is 159 Å². The van der Waals surface area contributed by atoms with Gasteiger partial charge in [0.05, 0.1) is 10.6 Å². The first-order valence-corrected chi connectivity index (χ1v) is 11.2. The zero-order chi connectivity index (χ0) is 19.0. The minimum Gasteiger partial charge on any atom is -0.381 e. The van der Waals surface area contributed by atoms with E-state index in [9.17, 15) is 18.5 Å². The molecule has 0 amide bonds. The molecule has 1 saturated carbocycles. The quantitative estimate of drug-likeness (QED) is 0.588. The van der Waals surface area contributed by atoms with E-state index < -0.39 is 14.9 Å². The summed E-state index contributed by atoms with van der Waals surface area (Å²) in [6.07, 6.45) is 6.15. The molecule has 148 valence electrons. The standard InChI is InChI=1S/C18H26N4O4S/c23-22(24)16-5-6-17(18(13-16)27(25,26)21-9-1-2-10-21)19-14-7-11-20(12-8-14)15-3-4-15/h5-6,13-15,19H,1-4,7-12H2. The van der Waals surface area contributed by atoms with Crippen LogP contribution in [0.3, 0.4) is 0 Å². The number of sulfonamides is 1. The normalized spacial score (nSPS) is 22.8. The molecule has 2 saturated heterocycles. The SMILES string of the molecule is O=[N+]([O-])c1ccc(NC2CCN(C3CC3)CC2)c(S(=O)(=O)N2CCCC2)c1. The minimum atomic E-state index is -3.73. The minimum absolute atomic E-state index is 0.0308. The van der Waals surface area contributed by atoms with Crippen molar-refractivity contribution in [2.24, 2.45) is 0 Å². The number of hydrogen-bond donors (Lipinski definition) is 1. The summed E-state index contributed by atoms with van der Waals surface area (Å²) in [6, 6.07) is 5.07.